The van der Waals surface area contributed by atoms with Crippen LogP contribution >= 0.6 is 8.53 Å². The number of hydrogen-bond donors (Lipinski definition) is 2. The van der Waals surface area contributed by atoms with E-state index in [-0.39, 0.29) is 62.3 Å². The number of nitrogens with zero attached hydrogens (tertiary/aromatic N) is 3. The maximum absolute atomic E-state index is 14.0. The number of methoxy groups -OCH3 is 2. The molecule has 3 heterocycles. The van der Waals surface area contributed by atoms with Gasteiger partial charge in [0.15, 0.2) is 6.23 Å². The van der Waals surface area contributed by atoms with Gasteiger partial charge in [-0.1, -0.05) is 66.4 Å². The van der Waals surface area contributed by atoms with Crippen LogP contribution in [0.25, 0.3) is 0 Å². The maximum atomic E-state index is 14.0. The Hall–Kier alpha value is -5.35. The van der Waals surface area contributed by atoms with Crippen molar-refractivity contribution in [2.45, 2.75) is 108 Å². The van der Waals surface area contributed by atoms with Crippen molar-refractivity contribution in [1.29, 1.82) is 5.26 Å². The average Bonchev–Trinajstić information content (AvgIpc) is 3.84. The number of ether oxygens (including phenoxy) is 5. The number of aromatic nitrogens is 2. The van der Waals surface area contributed by atoms with Gasteiger partial charge in [0.25, 0.3) is 14.1 Å². The number of nitriles is 1. The second-order valence-corrected chi connectivity index (χ2v) is 21.3. The van der Waals surface area contributed by atoms with Gasteiger partial charge in [-0.15, -0.1) is 0 Å². The molecule has 2 aliphatic heterocycles. The Morgan fingerprint density at radius 1 is 0.900 bits per heavy atom. The zero-order valence-electron chi connectivity index (χ0n) is 40.8. The van der Waals surface area contributed by atoms with Crippen molar-refractivity contribution in [1.82, 2.24) is 19.5 Å². The number of fused-ring (bicyclic) bond motifs is 2. The van der Waals surface area contributed by atoms with Gasteiger partial charge < -0.3 is 38.0 Å². The molecule has 2 saturated heterocycles. The molecule has 370 valence electrons. The zero-order valence-corrected chi connectivity index (χ0v) is 41.7. The Bertz CT molecular complexity index is 2610. The van der Waals surface area contributed by atoms with Crippen LogP contribution in [0, 0.1) is 52.8 Å². The maximum Gasteiger partial charge on any atom is 0.330 e. The van der Waals surface area contributed by atoms with Crippen molar-refractivity contribution < 1.29 is 37.5 Å². The van der Waals surface area contributed by atoms with Crippen molar-refractivity contribution in [3.05, 3.63) is 128 Å². The molecular formula is C54H64N5O10P. The van der Waals surface area contributed by atoms with Crippen molar-refractivity contribution in [3.63, 3.8) is 0 Å². The van der Waals surface area contributed by atoms with E-state index in [0.717, 1.165) is 54.2 Å². The topological polar surface area (TPSA) is 176 Å². The molecule has 16 heteroatoms. The SMILES string of the molecule is COc1ccc(C(OC[C@]23CO[C@H]([C@H](n4cc(C#CCNC(=O)C5C6CC7CC(C6)CC5C7)c(=O)[nH]c4=O)O2)[C@H]3OP(OCCC#N)N(C(C)C)C(C)C)(c2ccccc2)c2ccc(OC)cc2)cc1. The first-order chi connectivity index (χ1) is 33.9. The average molecular weight is 974 g/mol. The monoisotopic (exact) mass is 973 g/mol. The van der Waals surface area contributed by atoms with Gasteiger partial charge in [-0.25, -0.2) is 9.46 Å². The summed E-state index contributed by atoms with van der Waals surface area (Å²) in [5.74, 6) is 9.65. The van der Waals surface area contributed by atoms with Crippen molar-refractivity contribution in [2.75, 3.05) is 40.6 Å². The van der Waals surface area contributed by atoms with E-state index in [1.54, 1.807) is 14.2 Å². The Balaban J connectivity index is 1.07. The Morgan fingerprint density at radius 2 is 1.50 bits per heavy atom. The lowest BCUT2D eigenvalue weighted by molar-refractivity contribution is -0.203. The molecule has 6 aliphatic rings. The van der Waals surface area contributed by atoms with Crippen LogP contribution in [-0.4, -0.2) is 90.6 Å². The fourth-order valence-corrected chi connectivity index (χ4v) is 13.9. The number of benzene rings is 3. The van der Waals surface area contributed by atoms with Crippen LogP contribution in [-0.2, 0) is 33.7 Å². The summed E-state index contributed by atoms with van der Waals surface area (Å²) in [5.41, 5.74) is -1.57. The second kappa shape index (κ2) is 21.2. The zero-order chi connectivity index (χ0) is 49.2. The van der Waals surface area contributed by atoms with Crippen LogP contribution in [0.3, 0.4) is 0 Å². The lowest BCUT2D eigenvalue weighted by Gasteiger charge is -2.53. The van der Waals surface area contributed by atoms with Gasteiger partial charge in [0.05, 0.1) is 53.1 Å². The number of aromatic amines is 1. The molecule has 1 unspecified atom stereocenters. The number of amides is 1. The molecule has 6 bridgehead atoms. The highest BCUT2D eigenvalue weighted by atomic mass is 31.2. The fraction of sp³-hybridized carbons (Fsp3) is 0.519. The Labute approximate surface area is 411 Å². The summed E-state index contributed by atoms with van der Waals surface area (Å²) in [6.07, 6.45) is 4.46. The first-order valence-corrected chi connectivity index (χ1v) is 25.7. The molecule has 6 fully saturated rings. The van der Waals surface area contributed by atoms with Crippen LogP contribution in [0.5, 0.6) is 11.5 Å². The third-order valence-electron chi connectivity index (χ3n) is 14.9. The number of rotatable bonds is 19. The van der Waals surface area contributed by atoms with Crippen LogP contribution in [0.1, 0.15) is 94.7 Å². The van der Waals surface area contributed by atoms with E-state index in [9.17, 15) is 19.6 Å². The molecule has 1 amide bonds. The van der Waals surface area contributed by atoms with Crippen molar-refractivity contribution in [2.24, 2.45) is 29.6 Å². The summed E-state index contributed by atoms with van der Waals surface area (Å²) in [6.45, 7) is 8.31. The van der Waals surface area contributed by atoms with Gasteiger partial charge in [-0.05, 0) is 124 Å². The quantitative estimate of drug-likeness (QED) is 0.0412. The summed E-state index contributed by atoms with van der Waals surface area (Å²) in [6, 6.07) is 27.4. The minimum atomic E-state index is -1.85. The lowest BCUT2D eigenvalue weighted by atomic mass is 9.51. The van der Waals surface area contributed by atoms with Gasteiger partial charge in [0.2, 0.25) is 5.91 Å². The summed E-state index contributed by atoms with van der Waals surface area (Å²) in [7, 11) is 1.39. The van der Waals surface area contributed by atoms with Crippen LogP contribution < -0.4 is 26.0 Å². The summed E-state index contributed by atoms with van der Waals surface area (Å²) in [5, 5.41) is 12.6. The molecule has 70 heavy (non-hydrogen) atoms. The molecular weight excluding hydrogens is 910 g/mol. The molecule has 1 aromatic heterocycles. The molecule has 2 N–H and O–H groups in total. The summed E-state index contributed by atoms with van der Waals surface area (Å²) < 4.78 is 49.4. The smallest absolute Gasteiger partial charge is 0.330 e. The molecule has 15 nitrogen and oxygen atoms in total. The normalized spacial score (nSPS) is 26.8. The van der Waals surface area contributed by atoms with Crippen LogP contribution in [0.15, 0.2) is 94.6 Å². The fourth-order valence-electron chi connectivity index (χ4n) is 12.1. The first-order valence-electron chi connectivity index (χ1n) is 24.5. The second-order valence-electron chi connectivity index (χ2n) is 19.9. The van der Waals surface area contributed by atoms with E-state index in [4.69, 9.17) is 32.7 Å². The van der Waals surface area contributed by atoms with Gasteiger partial charge in [-0.3, -0.25) is 19.1 Å². The van der Waals surface area contributed by atoms with Crippen molar-refractivity contribution >= 4 is 14.4 Å². The highest BCUT2D eigenvalue weighted by Crippen LogP contribution is 2.58. The highest BCUT2D eigenvalue weighted by molar-refractivity contribution is 7.44. The summed E-state index contributed by atoms with van der Waals surface area (Å²) >= 11 is 0. The number of H-pyrrole nitrogens is 1. The Morgan fingerprint density at radius 3 is 2.07 bits per heavy atom. The van der Waals surface area contributed by atoms with E-state index >= 15 is 0 Å². The van der Waals surface area contributed by atoms with Gasteiger partial charge >= 0.3 is 5.69 Å². The predicted molar refractivity (Wildman–Crippen MR) is 263 cm³/mol. The molecule has 0 radical (unpaired) electrons. The Kier molecular flexibility index (Phi) is 15.0. The van der Waals surface area contributed by atoms with Gasteiger partial charge in [0.1, 0.15) is 40.5 Å². The standard InChI is InChI=1S/C54H64N5O10P/c1-34(2)59(35(3)4)70(67-25-11-23-55)69-48-47-51(58-31-38(49(60)57-52(58)62)12-10-24-56-50(61)46-39-27-36-26-37(29-39)30-40(46)28-36)68-53(48,32-65-47)33-66-54(41-13-8-7-9-14-41,42-15-19-44(63-5)20-16-42)43-17-21-45(64-6)22-18-43/h7-9,13-22,31,34-37,39-40,46-48,51H,11,24-30,32-33H2,1-6H3,(H,56,61)(H,57,60,62)/t36?,37?,39?,40?,46?,47-,48+,51+,53-,70?/m0/s1. The molecule has 4 aliphatic carbocycles. The van der Waals surface area contributed by atoms with Gasteiger partial charge in [-0.2, -0.15) is 5.26 Å². The third-order valence-corrected chi connectivity index (χ3v) is 17.0. The molecule has 0 spiro atoms. The summed E-state index contributed by atoms with van der Waals surface area (Å²) in [4.78, 5) is 43.3. The lowest BCUT2D eigenvalue weighted by Crippen LogP contribution is -2.51. The van der Waals surface area contributed by atoms with E-state index in [1.807, 2.05) is 78.9 Å². The predicted octanol–water partition coefficient (Wildman–Crippen LogP) is 7.43. The van der Waals surface area contributed by atoms with E-state index in [2.05, 4.69) is 60.6 Å². The van der Waals surface area contributed by atoms with Gasteiger partial charge in [0, 0.05) is 24.2 Å². The number of carbonyl (C=O) groups excluding carboxylic acids is 1. The minimum absolute atomic E-state index is 0.0116. The number of hydrogen-bond acceptors (Lipinski definition) is 12. The largest absolute Gasteiger partial charge is 0.497 e. The molecule has 4 aromatic rings. The van der Waals surface area contributed by atoms with E-state index < -0.39 is 49.4 Å². The number of carbonyl (C=O) groups is 1. The minimum Gasteiger partial charge on any atom is -0.497 e. The highest BCUT2D eigenvalue weighted by Gasteiger charge is 2.65. The number of nitrogens with one attached hydrogen (secondary N) is 2. The molecule has 10 rings (SSSR count). The van der Waals surface area contributed by atoms with Crippen LogP contribution in [0.4, 0.5) is 0 Å². The van der Waals surface area contributed by atoms with Crippen LogP contribution in [0.2, 0.25) is 0 Å². The third kappa shape index (κ3) is 9.70. The molecule has 4 saturated carbocycles. The van der Waals surface area contributed by atoms with E-state index in [1.165, 1.54) is 17.2 Å². The first kappa shape index (κ1) is 49.6. The molecule has 3 aromatic carbocycles. The molecule has 5 atom stereocenters. The van der Waals surface area contributed by atoms with E-state index in [0.29, 0.717) is 23.3 Å². The van der Waals surface area contributed by atoms with Crippen molar-refractivity contribution in [3.8, 4) is 29.4 Å².